The molecule has 1 aromatic heterocycles. The van der Waals surface area contributed by atoms with Crippen LogP contribution in [0.5, 0.6) is 0 Å². The molecule has 0 bridgehead atoms. The maximum atomic E-state index is 5.70. The Labute approximate surface area is 133 Å². The van der Waals surface area contributed by atoms with Crippen molar-refractivity contribution in [2.45, 2.75) is 18.9 Å². The molecule has 0 fully saturated rings. The first-order chi connectivity index (χ1) is 8.70. The summed E-state index contributed by atoms with van der Waals surface area (Å²) in [5, 5.41) is 2.11. The number of halogens is 2. The SMILES string of the molecule is NNC(CCc1cccs1)c1cc(Br)ccc1I. The molecule has 0 saturated heterocycles. The third kappa shape index (κ3) is 3.77. The third-order valence-electron chi connectivity index (χ3n) is 2.79. The predicted octanol–water partition coefficient (Wildman–Crippen LogP) is 4.25. The van der Waals surface area contributed by atoms with E-state index in [1.54, 1.807) is 11.3 Å². The van der Waals surface area contributed by atoms with Gasteiger partial charge in [0.1, 0.15) is 0 Å². The van der Waals surface area contributed by atoms with Crippen LogP contribution in [-0.4, -0.2) is 0 Å². The molecule has 3 N–H and O–H groups in total. The Morgan fingerprint density at radius 2 is 2.22 bits per heavy atom. The normalized spacial score (nSPS) is 12.6. The largest absolute Gasteiger partial charge is 0.271 e. The Bertz CT molecular complexity index is 502. The predicted molar refractivity (Wildman–Crippen MR) is 89.6 cm³/mol. The molecule has 18 heavy (non-hydrogen) atoms. The molecule has 1 heterocycles. The second kappa shape index (κ2) is 7.00. The van der Waals surface area contributed by atoms with Crippen molar-refractivity contribution in [1.29, 1.82) is 0 Å². The fraction of sp³-hybridized carbons (Fsp3) is 0.231. The van der Waals surface area contributed by atoms with Gasteiger partial charge in [0.2, 0.25) is 0 Å². The summed E-state index contributed by atoms with van der Waals surface area (Å²) in [7, 11) is 0. The van der Waals surface area contributed by atoms with Crippen LogP contribution < -0.4 is 11.3 Å². The smallest absolute Gasteiger partial charge is 0.0474 e. The van der Waals surface area contributed by atoms with E-state index in [9.17, 15) is 0 Å². The molecule has 0 spiro atoms. The summed E-state index contributed by atoms with van der Waals surface area (Å²) < 4.78 is 2.33. The van der Waals surface area contributed by atoms with Gasteiger partial charge in [-0.05, 0) is 70.6 Å². The second-order valence-corrected chi connectivity index (χ2v) is 7.11. The summed E-state index contributed by atoms with van der Waals surface area (Å²) in [5.74, 6) is 5.70. The molecule has 1 unspecified atom stereocenters. The van der Waals surface area contributed by atoms with E-state index in [2.05, 4.69) is 79.7 Å². The first kappa shape index (κ1) is 14.5. The molecule has 0 aliphatic carbocycles. The zero-order chi connectivity index (χ0) is 13.0. The Morgan fingerprint density at radius 3 is 2.89 bits per heavy atom. The Balaban J connectivity index is 2.10. The van der Waals surface area contributed by atoms with Gasteiger partial charge in [0.25, 0.3) is 0 Å². The molecule has 2 rings (SSSR count). The van der Waals surface area contributed by atoms with Gasteiger partial charge in [0, 0.05) is 19.0 Å². The van der Waals surface area contributed by atoms with Gasteiger partial charge < -0.3 is 0 Å². The van der Waals surface area contributed by atoms with Crippen LogP contribution in [0, 0.1) is 3.57 Å². The highest BCUT2D eigenvalue weighted by Crippen LogP contribution is 2.27. The first-order valence-corrected chi connectivity index (χ1v) is 8.39. The zero-order valence-electron chi connectivity index (χ0n) is 9.70. The van der Waals surface area contributed by atoms with Gasteiger partial charge in [-0.3, -0.25) is 11.3 Å². The van der Waals surface area contributed by atoms with Crippen LogP contribution in [0.25, 0.3) is 0 Å². The van der Waals surface area contributed by atoms with Crippen molar-refractivity contribution >= 4 is 49.9 Å². The van der Waals surface area contributed by atoms with Crippen LogP contribution in [0.3, 0.4) is 0 Å². The molecular weight excluding hydrogens is 423 g/mol. The second-order valence-electron chi connectivity index (χ2n) is 4.00. The number of nitrogens with two attached hydrogens (primary N) is 1. The van der Waals surface area contributed by atoms with Crippen LogP contribution in [-0.2, 0) is 6.42 Å². The molecule has 0 aliphatic heterocycles. The van der Waals surface area contributed by atoms with Crippen LogP contribution in [0.4, 0.5) is 0 Å². The van der Waals surface area contributed by atoms with E-state index >= 15 is 0 Å². The van der Waals surface area contributed by atoms with E-state index in [0.29, 0.717) is 0 Å². The lowest BCUT2D eigenvalue weighted by Gasteiger charge is -2.18. The number of hydrazine groups is 1. The highest BCUT2D eigenvalue weighted by atomic mass is 127. The number of hydrogen-bond donors (Lipinski definition) is 2. The van der Waals surface area contributed by atoms with Crippen molar-refractivity contribution in [1.82, 2.24) is 5.43 Å². The highest BCUT2D eigenvalue weighted by molar-refractivity contribution is 14.1. The molecule has 1 aromatic carbocycles. The monoisotopic (exact) mass is 436 g/mol. The number of aryl methyl sites for hydroxylation is 1. The van der Waals surface area contributed by atoms with E-state index in [0.717, 1.165) is 17.3 Å². The average molecular weight is 437 g/mol. The Morgan fingerprint density at radius 1 is 1.39 bits per heavy atom. The highest BCUT2D eigenvalue weighted by Gasteiger charge is 2.13. The molecule has 0 radical (unpaired) electrons. The van der Waals surface area contributed by atoms with Crippen LogP contribution in [0.15, 0.2) is 40.2 Å². The van der Waals surface area contributed by atoms with E-state index in [1.165, 1.54) is 14.0 Å². The lowest BCUT2D eigenvalue weighted by molar-refractivity contribution is 0.516. The Hall–Kier alpha value is 0.0500. The maximum Gasteiger partial charge on any atom is 0.0474 e. The van der Waals surface area contributed by atoms with Crippen molar-refractivity contribution in [3.8, 4) is 0 Å². The molecule has 0 aliphatic rings. The topological polar surface area (TPSA) is 38.0 Å². The molecular formula is C13H14BrIN2S. The lowest BCUT2D eigenvalue weighted by Crippen LogP contribution is -2.29. The molecule has 2 nitrogen and oxygen atoms in total. The van der Waals surface area contributed by atoms with Gasteiger partial charge in [-0.15, -0.1) is 11.3 Å². The minimum atomic E-state index is 0.191. The molecule has 0 saturated carbocycles. The van der Waals surface area contributed by atoms with E-state index in [4.69, 9.17) is 5.84 Å². The standard InChI is InChI=1S/C13H14BrIN2S/c14-9-3-5-12(15)11(8-9)13(17-16)6-4-10-2-1-7-18-10/h1-3,5,7-8,13,17H,4,6,16H2. The van der Waals surface area contributed by atoms with Crippen LogP contribution >= 0.6 is 49.9 Å². The minimum absolute atomic E-state index is 0.191. The molecule has 1 atom stereocenters. The van der Waals surface area contributed by atoms with Crippen molar-refractivity contribution in [2.24, 2.45) is 5.84 Å². The number of hydrogen-bond acceptors (Lipinski definition) is 3. The number of rotatable bonds is 5. The van der Waals surface area contributed by atoms with Crippen LogP contribution in [0.2, 0.25) is 0 Å². The summed E-state index contributed by atoms with van der Waals surface area (Å²) in [5.41, 5.74) is 4.18. The van der Waals surface area contributed by atoms with E-state index < -0.39 is 0 Å². The van der Waals surface area contributed by atoms with Gasteiger partial charge in [0.15, 0.2) is 0 Å². The van der Waals surface area contributed by atoms with Gasteiger partial charge in [-0.1, -0.05) is 22.0 Å². The van der Waals surface area contributed by atoms with Gasteiger partial charge in [-0.2, -0.15) is 0 Å². The fourth-order valence-corrected chi connectivity index (χ4v) is 3.67. The summed E-state index contributed by atoms with van der Waals surface area (Å²) in [6, 6.07) is 10.8. The number of nitrogens with one attached hydrogen (secondary N) is 1. The van der Waals surface area contributed by atoms with Crippen molar-refractivity contribution in [2.75, 3.05) is 0 Å². The fourth-order valence-electron chi connectivity index (χ4n) is 1.85. The Kier molecular flexibility index (Phi) is 5.62. The molecule has 2 aromatic rings. The number of thiophene rings is 1. The van der Waals surface area contributed by atoms with Gasteiger partial charge in [-0.25, -0.2) is 0 Å². The quantitative estimate of drug-likeness (QED) is 0.417. The average Bonchev–Trinajstić information content (AvgIpc) is 2.87. The molecule has 96 valence electrons. The summed E-state index contributed by atoms with van der Waals surface area (Å²) in [6.07, 6.45) is 2.05. The maximum absolute atomic E-state index is 5.70. The van der Waals surface area contributed by atoms with E-state index in [1.807, 2.05) is 0 Å². The number of benzene rings is 1. The van der Waals surface area contributed by atoms with Crippen molar-refractivity contribution in [3.05, 3.63) is 54.2 Å². The summed E-state index contributed by atoms with van der Waals surface area (Å²) >= 11 is 7.67. The van der Waals surface area contributed by atoms with Crippen molar-refractivity contribution in [3.63, 3.8) is 0 Å². The van der Waals surface area contributed by atoms with Crippen LogP contribution in [0.1, 0.15) is 22.9 Å². The van der Waals surface area contributed by atoms with Crippen molar-refractivity contribution < 1.29 is 0 Å². The zero-order valence-corrected chi connectivity index (χ0v) is 14.3. The third-order valence-corrected chi connectivity index (χ3v) is 5.21. The summed E-state index contributed by atoms with van der Waals surface area (Å²) in [4.78, 5) is 1.40. The summed E-state index contributed by atoms with van der Waals surface area (Å²) in [6.45, 7) is 0. The molecule has 5 heteroatoms. The van der Waals surface area contributed by atoms with Gasteiger partial charge >= 0.3 is 0 Å². The first-order valence-electron chi connectivity index (χ1n) is 5.64. The minimum Gasteiger partial charge on any atom is -0.271 e. The van der Waals surface area contributed by atoms with Gasteiger partial charge in [0.05, 0.1) is 0 Å². The molecule has 0 amide bonds. The lowest BCUT2D eigenvalue weighted by atomic mass is 10.0. The van der Waals surface area contributed by atoms with E-state index in [-0.39, 0.29) is 6.04 Å².